The summed E-state index contributed by atoms with van der Waals surface area (Å²) in [5.74, 6) is 0. The molecule has 0 saturated heterocycles. The van der Waals surface area contributed by atoms with Gasteiger partial charge in [-0.25, -0.2) is 0 Å². The first kappa shape index (κ1) is 12.5. The van der Waals surface area contributed by atoms with Crippen molar-refractivity contribution in [2.24, 2.45) is 0 Å². The van der Waals surface area contributed by atoms with Gasteiger partial charge in [0.2, 0.25) is 0 Å². The quantitative estimate of drug-likeness (QED) is 0.503. The van der Waals surface area contributed by atoms with Gasteiger partial charge in [-0.3, -0.25) is 0 Å². The standard InChI is InChI=1S/C17H10Cl2S/c18-17(19)15-12(11-5-2-1-3-6-11)8-9-13(16(15)17)14-7-4-10-20-14/h1-10H. The first-order valence-electron chi connectivity index (χ1n) is 6.34. The lowest BCUT2D eigenvalue weighted by molar-refractivity contribution is 1.36. The molecule has 3 heteroatoms. The van der Waals surface area contributed by atoms with E-state index in [1.807, 2.05) is 24.3 Å². The predicted octanol–water partition coefficient (Wildman–Crippen LogP) is 6.07. The summed E-state index contributed by atoms with van der Waals surface area (Å²) >= 11 is 14.7. The van der Waals surface area contributed by atoms with Crippen molar-refractivity contribution in [3.05, 3.63) is 71.1 Å². The molecule has 0 saturated carbocycles. The molecule has 0 N–H and O–H groups in total. The maximum Gasteiger partial charge on any atom is 0.170 e. The van der Waals surface area contributed by atoms with Crippen molar-refractivity contribution in [1.82, 2.24) is 0 Å². The monoisotopic (exact) mass is 316 g/mol. The molecule has 3 aromatic rings. The van der Waals surface area contributed by atoms with E-state index in [1.165, 1.54) is 4.88 Å². The lowest BCUT2D eigenvalue weighted by Gasteiger charge is -2.02. The third kappa shape index (κ3) is 1.74. The lowest BCUT2D eigenvalue weighted by Crippen LogP contribution is -1.82. The Balaban J connectivity index is 1.92. The summed E-state index contributed by atoms with van der Waals surface area (Å²) in [4.78, 5) is 1.21. The smallest absolute Gasteiger partial charge is 0.144 e. The SMILES string of the molecule is ClC1(Cl)c2c(-c3ccccc3)ccc(-c3cccs3)c21. The number of hydrogen-bond donors (Lipinski definition) is 0. The molecule has 1 aromatic heterocycles. The average Bonchev–Trinajstić information content (AvgIpc) is 2.86. The highest BCUT2D eigenvalue weighted by Crippen LogP contribution is 2.64. The fourth-order valence-corrected chi connectivity index (χ4v) is 4.12. The molecule has 0 spiro atoms. The Kier molecular flexibility index (Phi) is 2.71. The van der Waals surface area contributed by atoms with Crippen molar-refractivity contribution in [3.8, 4) is 21.6 Å². The maximum absolute atomic E-state index is 6.48. The summed E-state index contributed by atoms with van der Waals surface area (Å²) in [6.07, 6.45) is 0. The molecule has 0 amide bonds. The van der Waals surface area contributed by atoms with Crippen LogP contribution in [0.4, 0.5) is 0 Å². The van der Waals surface area contributed by atoms with Crippen LogP contribution in [0.3, 0.4) is 0 Å². The van der Waals surface area contributed by atoms with E-state index in [0.717, 1.165) is 27.8 Å². The average molecular weight is 317 g/mol. The van der Waals surface area contributed by atoms with Crippen LogP contribution in [0, 0.1) is 0 Å². The van der Waals surface area contributed by atoms with Crippen molar-refractivity contribution in [3.63, 3.8) is 0 Å². The highest BCUT2D eigenvalue weighted by molar-refractivity contribution is 7.13. The van der Waals surface area contributed by atoms with E-state index >= 15 is 0 Å². The van der Waals surface area contributed by atoms with Gasteiger partial charge in [0.1, 0.15) is 0 Å². The molecule has 0 atom stereocenters. The Morgan fingerprint density at radius 2 is 1.45 bits per heavy atom. The van der Waals surface area contributed by atoms with Crippen LogP contribution >= 0.6 is 34.5 Å². The fraction of sp³-hybridized carbons (Fsp3) is 0.0588. The summed E-state index contributed by atoms with van der Waals surface area (Å²) in [6, 6.07) is 18.6. The van der Waals surface area contributed by atoms with Gasteiger partial charge in [-0.15, -0.1) is 11.3 Å². The second-order valence-electron chi connectivity index (χ2n) is 4.83. The summed E-state index contributed by atoms with van der Waals surface area (Å²) in [6.45, 7) is 0. The van der Waals surface area contributed by atoms with Gasteiger partial charge >= 0.3 is 0 Å². The molecular weight excluding hydrogens is 307 g/mol. The van der Waals surface area contributed by atoms with Gasteiger partial charge in [0.25, 0.3) is 0 Å². The second kappa shape index (κ2) is 4.36. The van der Waals surface area contributed by atoms with Crippen molar-refractivity contribution in [2.45, 2.75) is 4.33 Å². The minimum absolute atomic E-state index is 0.839. The zero-order chi connectivity index (χ0) is 13.7. The van der Waals surface area contributed by atoms with Crippen LogP contribution in [-0.4, -0.2) is 0 Å². The summed E-state index contributed by atoms with van der Waals surface area (Å²) in [5, 5.41) is 2.07. The summed E-state index contributed by atoms with van der Waals surface area (Å²) < 4.78 is -0.839. The van der Waals surface area contributed by atoms with Gasteiger partial charge in [-0.1, -0.05) is 71.7 Å². The van der Waals surface area contributed by atoms with Gasteiger partial charge in [-0.2, -0.15) is 0 Å². The van der Waals surface area contributed by atoms with E-state index in [0.29, 0.717) is 0 Å². The van der Waals surface area contributed by atoms with Gasteiger partial charge in [0.15, 0.2) is 4.33 Å². The lowest BCUT2D eigenvalue weighted by atomic mass is 10.0. The molecule has 20 heavy (non-hydrogen) atoms. The van der Waals surface area contributed by atoms with E-state index in [9.17, 15) is 0 Å². The van der Waals surface area contributed by atoms with Crippen LogP contribution < -0.4 is 0 Å². The first-order chi connectivity index (χ1) is 9.69. The van der Waals surface area contributed by atoms with Crippen molar-refractivity contribution in [1.29, 1.82) is 0 Å². The Labute approximate surface area is 131 Å². The van der Waals surface area contributed by atoms with Crippen LogP contribution in [0.5, 0.6) is 0 Å². The third-order valence-electron chi connectivity index (χ3n) is 3.64. The van der Waals surface area contributed by atoms with Crippen molar-refractivity contribution < 1.29 is 0 Å². The summed E-state index contributed by atoms with van der Waals surface area (Å²) in [5.41, 5.74) is 5.55. The van der Waals surface area contributed by atoms with E-state index in [1.54, 1.807) is 11.3 Å². The topological polar surface area (TPSA) is 0 Å². The molecule has 0 nitrogen and oxygen atoms in total. The Bertz CT molecular complexity index is 774. The van der Waals surface area contributed by atoms with Gasteiger partial charge < -0.3 is 0 Å². The fourth-order valence-electron chi connectivity index (χ4n) is 2.67. The zero-order valence-electron chi connectivity index (χ0n) is 10.4. The van der Waals surface area contributed by atoms with Crippen LogP contribution in [0.15, 0.2) is 60.0 Å². The predicted molar refractivity (Wildman–Crippen MR) is 87.7 cm³/mol. The molecule has 0 radical (unpaired) electrons. The number of thiophene rings is 1. The van der Waals surface area contributed by atoms with Crippen LogP contribution in [-0.2, 0) is 4.33 Å². The normalized spacial score (nSPS) is 14.9. The molecule has 0 unspecified atom stereocenters. The highest BCUT2D eigenvalue weighted by atomic mass is 35.5. The van der Waals surface area contributed by atoms with Crippen LogP contribution in [0.25, 0.3) is 21.6 Å². The Morgan fingerprint density at radius 1 is 0.750 bits per heavy atom. The molecular formula is C17H10Cl2S. The molecule has 4 rings (SSSR count). The molecule has 1 aliphatic rings. The minimum atomic E-state index is -0.839. The number of fused-ring (bicyclic) bond motifs is 1. The molecule has 0 bridgehead atoms. The number of alkyl halides is 2. The molecule has 1 heterocycles. The number of rotatable bonds is 2. The minimum Gasteiger partial charge on any atom is -0.144 e. The van der Waals surface area contributed by atoms with Gasteiger partial charge in [-0.05, 0) is 28.1 Å². The highest BCUT2D eigenvalue weighted by Gasteiger charge is 2.52. The number of hydrogen-bond acceptors (Lipinski definition) is 1. The van der Waals surface area contributed by atoms with Gasteiger partial charge in [0, 0.05) is 16.0 Å². The first-order valence-corrected chi connectivity index (χ1v) is 7.98. The Morgan fingerprint density at radius 3 is 2.15 bits per heavy atom. The number of halogens is 2. The third-order valence-corrected chi connectivity index (χ3v) is 5.30. The second-order valence-corrected chi connectivity index (χ2v) is 7.10. The Hall–Kier alpha value is -1.28. The van der Waals surface area contributed by atoms with E-state index in [-0.39, 0.29) is 0 Å². The number of benzene rings is 2. The molecule has 1 aliphatic carbocycles. The van der Waals surface area contributed by atoms with Crippen molar-refractivity contribution >= 4 is 34.5 Å². The van der Waals surface area contributed by atoms with Crippen LogP contribution in [0.1, 0.15) is 11.1 Å². The zero-order valence-corrected chi connectivity index (χ0v) is 12.8. The summed E-state index contributed by atoms with van der Waals surface area (Å²) in [7, 11) is 0. The van der Waals surface area contributed by atoms with Crippen LogP contribution in [0.2, 0.25) is 0 Å². The van der Waals surface area contributed by atoms with E-state index in [4.69, 9.17) is 23.2 Å². The molecule has 0 fully saturated rings. The van der Waals surface area contributed by atoms with Crippen molar-refractivity contribution in [2.75, 3.05) is 0 Å². The molecule has 0 aliphatic heterocycles. The van der Waals surface area contributed by atoms with Gasteiger partial charge in [0.05, 0.1) is 0 Å². The van der Waals surface area contributed by atoms with E-state index < -0.39 is 4.33 Å². The largest absolute Gasteiger partial charge is 0.170 e. The molecule has 98 valence electrons. The molecule has 2 aromatic carbocycles. The maximum atomic E-state index is 6.48. The van der Waals surface area contributed by atoms with E-state index in [2.05, 4.69) is 35.7 Å².